The number of carbonyl (C=O) groups is 1. The van der Waals surface area contributed by atoms with Gasteiger partial charge in [0.05, 0.1) is 0 Å². The van der Waals surface area contributed by atoms with Gasteiger partial charge in [-0.05, 0) is 18.5 Å². The molecule has 0 fully saturated rings. The summed E-state index contributed by atoms with van der Waals surface area (Å²) in [6.07, 6.45) is 1.41. The number of amides is 1. The Labute approximate surface area is 122 Å². The van der Waals surface area contributed by atoms with Crippen LogP contribution in [-0.4, -0.2) is 44.2 Å². The second-order valence-corrected chi connectivity index (χ2v) is 4.80. The lowest BCUT2D eigenvalue weighted by Gasteiger charge is -2.20. The number of nitrogens with zero attached hydrogens (tertiary/aromatic N) is 1. The maximum Gasteiger partial charge on any atom is 0.221 e. The quantitative estimate of drug-likeness (QED) is 0.666. The standard InChI is InChI=1S/C16H26N2O2/c1-3-18(14-15-8-5-4-6-9-15)12-10-16(19)17-11-7-13-20-2/h4-6,8-9H,3,7,10-14H2,1-2H3,(H,17,19). The highest BCUT2D eigenvalue weighted by Gasteiger charge is 2.07. The summed E-state index contributed by atoms with van der Waals surface area (Å²) < 4.78 is 4.95. The first-order valence-electron chi connectivity index (χ1n) is 7.28. The first kappa shape index (κ1) is 16.7. The highest BCUT2D eigenvalue weighted by Crippen LogP contribution is 2.04. The van der Waals surface area contributed by atoms with Gasteiger partial charge in [0.2, 0.25) is 5.91 Å². The molecule has 0 aliphatic heterocycles. The highest BCUT2D eigenvalue weighted by molar-refractivity contribution is 5.75. The Bertz CT molecular complexity index is 368. The molecule has 4 heteroatoms. The highest BCUT2D eigenvalue weighted by atomic mass is 16.5. The lowest BCUT2D eigenvalue weighted by Crippen LogP contribution is -2.31. The van der Waals surface area contributed by atoms with Crippen molar-refractivity contribution in [2.75, 3.05) is 33.4 Å². The fourth-order valence-corrected chi connectivity index (χ4v) is 1.98. The molecule has 1 rings (SSSR count). The van der Waals surface area contributed by atoms with Crippen LogP contribution in [0.3, 0.4) is 0 Å². The fraction of sp³-hybridized carbons (Fsp3) is 0.562. The van der Waals surface area contributed by atoms with Crippen molar-refractivity contribution in [1.29, 1.82) is 0 Å². The van der Waals surface area contributed by atoms with Gasteiger partial charge >= 0.3 is 0 Å². The molecule has 0 bridgehead atoms. The van der Waals surface area contributed by atoms with Crippen molar-refractivity contribution >= 4 is 5.91 Å². The van der Waals surface area contributed by atoms with Crippen LogP contribution in [0.2, 0.25) is 0 Å². The van der Waals surface area contributed by atoms with Crippen molar-refractivity contribution < 1.29 is 9.53 Å². The van der Waals surface area contributed by atoms with Gasteiger partial charge in [-0.1, -0.05) is 37.3 Å². The molecule has 0 unspecified atom stereocenters. The predicted molar refractivity (Wildman–Crippen MR) is 81.5 cm³/mol. The molecule has 0 radical (unpaired) electrons. The van der Waals surface area contributed by atoms with Crippen LogP contribution in [0, 0.1) is 0 Å². The fourth-order valence-electron chi connectivity index (χ4n) is 1.98. The number of carbonyl (C=O) groups excluding carboxylic acids is 1. The molecule has 1 aromatic rings. The van der Waals surface area contributed by atoms with Crippen LogP contribution < -0.4 is 5.32 Å². The van der Waals surface area contributed by atoms with Gasteiger partial charge in [-0.25, -0.2) is 0 Å². The number of ether oxygens (including phenoxy) is 1. The van der Waals surface area contributed by atoms with Gasteiger partial charge in [-0.15, -0.1) is 0 Å². The van der Waals surface area contributed by atoms with E-state index in [9.17, 15) is 4.79 Å². The number of hydrogen-bond donors (Lipinski definition) is 1. The Morgan fingerprint density at radius 3 is 2.70 bits per heavy atom. The molecular formula is C16H26N2O2. The lowest BCUT2D eigenvalue weighted by atomic mass is 10.2. The molecule has 0 saturated heterocycles. The summed E-state index contributed by atoms with van der Waals surface area (Å²) in [4.78, 5) is 14.0. The molecule has 0 spiro atoms. The van der Waals surface area contributed by atoms with Crippen molar-refractivity contribution in [3.05, 3.63) is 35.9 Å². The van der Waals surface area contributed by atoms with Crippen LogP contribution in [0.15, 0.2) is 30.3 Å². The third-order valence-corrected chi connectivity index (χ3v) is 3.20. The molecule has 1 aromatic carbocycles. The van der Waals surface area contributed by atoms with E-state index in [4.69, 9.17) is 4.74 Å². The molecule has 0 heterocycles. The summed E-state index contributed by atoms with van der Waals surface area (Å²) in [6, 6.07) is 10.4. The minimum Gasteiger partial charge on any atom is -0.385 e. The van der Waals surface area contributed by atoms with Gasteiger partial charge in [-0.3, -0.25) is 9.69 Å². The first-order chi connectivity index (χ1) is 9.76. The van der Waals surface area contributed by atoms with Gasteiger partial charge in [-0.2, -0.15) is 0 Å². The summed E-state index contributed by atoms with van der Waals surface area (Å²) in [5.74, 6) is 0.118. The summed E-state index contributed by atoms with van der Waals surface area (Å²) in [5, 5.41) is 2.92. The maximum atomic E-state index is 11.7. The number of hydrogen-bond acceptors (Lipinski definition) is 3. The lowest BCUT2D eigenvalue weighted by molar-refractivity contribution is -0.121. The van der Waals surface area contributed by atoms with Crippen LogP contribution in [-0.2, 0) is 16.1 Å². The van der Waals surface area contributed by atoms with E-state index in [-0.39, 0.29) is 5.91 Å². The molecule has 0 atom stereocenters. The van der Waals surface area contributed by atoms with E-state index in [1.165, 1.54) is 5.56 Å². The molecule has 4 nitrogen and oxygen atoms in total. The largest absolute Gasteiger partial charge is 0.385 e. The van der Waals surface area contributed by atoms with E-state index in [1.807, 2.05) is 18.2 Å². The summed E-state index contributed by atoms with van der Waals surface area (Å²) in [5.41, 5.74) is 1.29. The molecule has 0 aliphatic carbocycles. The number of nitrogens with one attached hydrogen (secondary N) is 1. The summed E-state index contributed by atoms with van der Waals surface area (Å²) in [6.45, 7) is 6.15. The number of rotatable bonds is 10. The van der Waals surface area contributed by atoms with E-state index in [0.29, 0.717) is 19.6 Å². The third-order valence-electron chi connectivity index (χ3n) is 3.20. The molecule has 0 aliphatic rings. The predicted octanol–water partition coefficient (Wildman–Crippen LogP) is 2.05. The Hall–Kier alpha value is -1.39. The molecule has 1 amide bonds. The topological polar surface area (TPSA) is 41.6 Å². The zero-order valence-corrected chi connectivity index (χ0v) is 12.6. The number of benzene rings is 1. The first-order valence-corrected chi connectivity index (χ1v) is 7.28. The van der Waals surface area contributed by atoms with Crippen LogP contribution in [0.4, 0.5) is 0 Å². The van der Waals surface area contributed by atoms with Crippen molar-refractivity contribution in [1.82, 2.24) is 10.2 Å². The molecule has 20 heavy (non-hydrogen) atoms. The van der Waals surface area contributed by atoms with E-state index in [0.717, 1.165) is 26.1 Å². The van der Waals surface area contributed by atoms with Crippen molar-refractivity contribution in [2.24, 2.45) is 0 Å². The SMILES string of the molecule is CCN(CCC(=O)NCCCOC)Cc1ccccc1. The Balaban J connectivity index is 2.22. The monoisotopic (exact) mass is 278 g/mol. The van der Waals surface area contributed by atoms with Gasteiger partial charge in [0.15, 0.2) is 0 Å². The van der Waals surface area contributed by atoms with E-state index >= 15 is 0 Å². The minimum atomic E-state index is 0.118. The average Bonchev–Trinajstić information content (AvgIpc) is 2.49. The van der Waals surface area contributed by atoms with Crippen LogP contribution >= 0.6 is 0 Å². The van der Waals surface area contributed by atoms with Crippen LogP contribution in [0.1, 0.15) is 25.3 Å². The van der Waals surface area contributed by atoms with Gasteiger partial charge in [0, 0.05) is 39.8 Å². The third kappa shape index (κ3) is 7.26. The van der Waals surface area contributed by atoms with Crippen LogP contribution in [0.5, 0.6) is 0 Å². The second kappa shape index (κ2) is 10.4. The maximum absolute atomic E-state index is 11.7. The van der Waals surface area contributed by atoms with Gasteiger partial charge in [0.25, 0.3) is 0 Å². The molecular weight excluding hydrogens is 252 g/mol. The molecule has 1 N–H and O–H groups in total. The molecule has 0 saturated carbocycles. The van der Waals surface area contributed by atoms with Crippen molar-refractivity contribution in [3.8, 4) is 0 Å². The van der Waals surface area contributed by atoms with E-state index in [2.05, 4.69) is 29.3 Å². The van der Waals surface area contributed by atoms with Crippen molar-refractivity contribution in [2.45, 2.75) is 26.3 Å². The van der Waals surface area contributed by atoms with Crippen LogP contribution in [0.25, 0.3) is 0 Å². The summed E-state index contributed by atoms with van der Waals surface area (Å²) >= 11 is 0. The normalized spacial score (nSPS) is 10.8. The smallest absolute Gasteiger partial charge is 0.221 e. The van der Waals surface area contributed by atoms with Crippen molar-refractivity contribution in [3.63, 3.8) is 0 Å². The van der Waals surface area contributed by atoms with Gasteiger partial charge < -0.3 is 10.1 Å². The van der Waals surface area contributed by atoms with E-state index < -0.39 is 0 Å². The zero-order chi connectivity index (χ0) is 14.6. The van der Waals surface area contributed by atoms with Gasteiger partial charge in [0.1, 0.15) is 0 Å². The Morgan fingerprint density at radius 2 is 2.05 bits per heavy atom. The average molecular weight is 278 g/mol. The zero-order valence-electron chi connectivity index (χ0n) is 12.6. The Morgan fingerprint density at radius 1 is 1.30 bits per heavy atom. The minimum absolute atomic E-state index is 0.118. The van der Waals surface area contributed by atoms with E-state index in [1.54, 1.807) is 7.11 Å². The molecule has 0 aromatic heterocycles. The summed E-state index contributed by atoms with van der Waals surface area (Å²) in [7, 11) is 1.67. The molecule has 112 valence electrons. The number of methoxy groups -OCH3 is 1. The Kier molecular flexibility index (Phi) is 8.67. The second-order valence-electron chi connectivity index (χ2n) is 4.80.